The van der Waals surface area contributed by atoms with Crippen LogP contribution in [-0.2, 0) is 0 Å². The molecule has 0 N–H and O–H groups in total. The molecule has 3 atom stereocenters. The summed E-state index contributed by atoms with van der Waals surface area (Å²) in [6.07, 6.45) is 10.3. The van der Waals surface area contributed by atoms with Gasteiger partial charge < -0.3 is 0 Å². The molecule has 0 heteroatoms. The molecule has 0 aromatic rings. The highest BCUT2D eigenvalue weighted by molar-refractivity contribution is 5.30. The maximum Gasteiger partial charge on any atom is -0.00738 e. The van der Waals surface area contributed by atoms with Crippen LogP contribution in [0, 0.1) is 29.1 Å². The standard InChI is InChI=1S/C17H28/c1-6-14-10-17(9-13(4)5)11-15(14)8-16(17)7-12(2)3/h6,8,12-15H,1,7,9-11H2,2-5H3. The number of hydrogen-bond acceptors (Lipinski definition) is 0. The minimum Gasteiger partial charge on any atom is -0.103 e. The normalized spacial score (nSPS) is 35.8. The van der Waals surface area contributed by atoms with Crippen molar-refractivity contribution in [3.8, 4) is 0 Å². The quantitative estimate of drug-likeness (QED) is 0.570. The van der Waals surface area contributed by atoms with Crippen molar-refractivity contribution in [1.29, 1.82) is 0 Å². The summed E-state index contributed by atoms with van der Waals surface area (Å²) in [6, 6.07) is 0. The van der Waals surface area contributed by atoms with Crippen molar-refractivity contribution in [2.75, 3.05) is 0 Å². The van der Waals surface area contributed by atoms with Crippen LogP contribution in [0.25, 0.3) is 0 Å². The number of hydrogen-bond donors (Lipinski definition) is 0. The van der Waals surface area contributed by atoms with Gasteiger partial charge in [-0.2, -0.15) is 0 Å². The maximum atomic E-state index is 4.03. The van der Waals surface area contributed by atoms with Crippen molar-refractivity contribution in [3.05, 3.63) is 24.3 Å². The average molecular weight is 232 g/mol. The van der Waals surface area contributed by atoms with E-state index in [4.69, 9.17) is 0 Å². The number of allylic oxidation sites excluding steroid dienone is 3. The lowest BCUT2D eigenvalue weighted by Crippen LogP contribution is -2.23. The second-order valence-corrected chi connectivity index (χ2v) is 7.14. The first kappa shape index (κ1) is 12.9. The smallest absolute Gasteiger partial charge is 0.00738 e. The van der Waals surface area contributed by atoms with Crippen LogP contribution in [0.4, 0.5) is 0 Å². The molecule has 96 valence electrons. The Morgan fingerprint density at radius 3 is 2.53 bits per heavy atom. The van der Waals surface area contributed by atoms with E-state index in [-0.39, 0.29) is 0 Å². The molecule has 1 saturated carbocycles. The molecular weight excluding hydrogens is 204 g/mol. The summed E-state index contributed by atoms with van der Waals surface area (Å²) < 4.78 is 0. The molecule has 3 unspecified atom stereocenters. The highest BCUT2D eigenvalue weighted by Crippen LogP contribution is 2.60. The third-order valence-corrected chi connectivity index (χ3v) is 4.63. The molecule has 0 saturated heterocycles. The molecule has 1 fully saturated rings. The fourth-order valence-corrected chi connectivity index (χ4v) is 4.23. The minimum absolute atomic E-state index is 0.544. The molecule has 0 aromatic carbocycles. The van der Waals surface area contributed by atoms with Crippen LogP contribution < -0.4 is 0 Å². The zero-order valence-corrected chi connectivity index (χ0v) is 12.0. The van der Waals surface area contributed by atoms with Gasteiger partial charge in [0.15, 0.2) is 0 Å². The Labute approximate surface area is 107 Å². The summed E-state index contributed by atoms with van der Waals surface area (Å²) in [5.41, 5.74) is 2.33. The first-order valence-corrected chi connectivity index (χ1v) is 7.30. The van der Waals surface area contributed by atoms with Crippen molar-refractivity contribution in [2.45, 2.75) is 53.4 Å². The number of rotatable bonds is 5. The molecule has 2 rings (SSSR count). The van der Waals surface area contributed by atoms with E-state index in [1.807, 2.05) is 0 Å². The van der Waals surface area contributed by atoms with Crippen molar-refractivity contribution in [2.24, 2.45) is 29.1 Å². The topological polar surface area (TPSA) is 0 Å². The Hall–Kier alpha value is -0.520. The molecule has 2 aliphatic rings. The Morgan fingerprint density at radius 2 is 2.00 bits per heavy atom. The molecule has 0 radical (unpaired) electrons. The zero-order chi connectivity index (χ0) is 12.6. The maximum absolute atomic E-state index is 4.03. The van der Waals surface area contributed by atoms with Gasteiger partial charge in [0, 0.05) is 0 Å². The van der Waals surface area contributed by atoms with Gasteiger partial charge in [-0.05, 0) is 54.8 Å². The molecule has 0 aromatic heterocycles. The summed E-state index contributed by atoms with van der Waals surface area (Å²) in [5, 5.41) is 0. The third-order valence-electron chi connectivity index (χ3n) is 4.63. The molecular formula is C17H28. The predicted octanol–water partition coefficient (Wildman–Crippen LogP) is 5.22. The molecule has 0 aliphatic heterocycles. The van der Waals surface area contributed by atoms with Crippen LogP contribution in [0.5, 0.6) is 0 Å². The van der Waals surface area contributed by atoms with E-state index in [1.54, 1.807) is 5.57 Å². The van der Waals surface area contributed by atoms with Gasteiger partial charge in [0.25, 0.3) is 0 Å². The largest absolute Gasteiger partial charge is 0.103 e. The van der Waals surface area contributed by atoms with Crippen molar-refractivity contribution in [1.82, 2.24) is 0 Å². The van der Waals surface area contributed by atoms with Crippen molar-refractivity contribution in [3.63, 3.8) is 0 Å². The highest BCUT2D eigenvalue weighted by Gasteiger charge is 2.50. The molecule has 0 heterocycles. The second kappa shape index (κ2) is 4.63. The van der Waals surface area contributed by atoms with E-state index in [2.05, 4.69) is 46.4 Å². The Balaban J connectivity index is 2.21. The third kappa shape index (κ3) is 2.37. The summed E-state index contributed by atoms with van der Waals surface area (Å²) in [4.78, 5) is 0. The van der Waals surface area contributed by atoms with Gasteiger partial charge in [0.1, 0.15) is 0 Å². The molecule has 2 aliphatic carbocycles. The van der Waals surface area contributed by atoms with E-state index in [9.17, 15) is 0 Å². The lowest BCUT2D eigenvalue weighted by Gasteiger charge is -2.34. The van der Waals surface area contributed by atoms with Gasteiger partial charge in [-0.15, -0.1) is 6.58 Å². The average Bonchev–Trinajstić information content (AvgIpc) is 2.69. The van der Waals surface area contributed by atoms with Gasteiger partial charge in [-0.25, -0.2) is 0 Å². The van der Waals surface area contributed by atoms with Gasteiger partial charge in [-0.1, -0.05) is 45.4 Å². The summed E-state index contributed by atoms with van der Waals surface area (Å²) >= 11 is 0. The number of fused-ring (bicyclic) bond motifs is 2. The lowest BCUT2D eigenvalue weighted by molar-refractivity contribution is 0.275. The summed E-state index contributed by atoms with van der Waals surface area (Å²) in [6.45, 7) is 13.5. The Kier molecular flexibility index (Phi) is 3.52. The van der Waals surface area contributed by atoms with Crippen LogP contribution in [0.15, 0.2) is 24.3 Å². The molecule has 0 nitrogen and oxygen atoms in total. The second-order valence-electron chi connectivity index (χ2n) is 7.14. The first-order valence-electron chi connectivity index (χ1n) is 7.30. The summed E-state index contributed by atoms with van der Waals surface area (Å²) in [7, 11) is 0. The molecule has 0 spiro atoms. The molecule has 2 bridgehead atoms. The van der Waals surface area contributed by atoms with Crippen LogP contribution in [-0.4, -0.2) is 0 Å². The van der Waals surface area contributed by atoms with Gasteiger partial charge in [0.2, 0.25) is 0 Å². The highest BCUT2D eigenvalue weighted by atomic mass is 14.5. The monoisotopic (exact) mass is 232 g/mol. The van der Waals surface area contributed by atoms with Crippen molar-refractivity contribution < 1.29 is 0 Å². The predicted molar refractivity (Wildman–Crippen MR) is 75.8 cm³/mol. The van der Waals surface area contributed by atoms with Crippen LogP contribution in [0.3, 0.4) is 0 Å². The summed E-state index contributed by atoms with van der Waals surface area (Å²) in [5.74, 6) is 3.17. The Morgan fingerprint density at radius 1 is 1.29 bits per heavy atom. The van der Waals surface area contributed by atoms with Crippen LogP contribution in [0.1, 0.15) is 53.4 Å². The minimum atomic E-state index is 0.544. The lowest BCUT2D eigenvalue weighted by atomic mass is 9.70. The van der Waals surface area contributed by atoms with Gasteiger partial charge in [0.05, 0.1) is 0 Å². The Bertz CT molecular complexity index is 321. The van der Waals surface area contributed by atoms with E-state index < -0.39 is 0 Å². The first-order chi connectivity index (χ1) is 7.97. The molecule has 17 heavy (non-hydrogen) atoms. The van der Waals surface area contributed by atoms with Crippen molar-refractivity contribution >= 4 is 0 Å². The molecule has 0 amide bonds. The van der Waals surface area contributed by atoms with Gasteiger partial charge >= 0.3 is 0 Å². The van der Waals surface area contributed by atoms with E-state index in [0.29, 0.717) is 5.41 Å². The van der Waals surface area contributed by atoms with Crippen LogP contribution in [0.2, 0.25) is 0 Å². The van der Waals surface area contributed by atoms with E-state index in [1.165, 1.54) is 25.7 Å². The van der Waals surface area contributed by atoms with E-state index in [0.717, 1.165) is 23.7 Å². The van der Waals surface area contributed by atoms with Gasteiger partial charge in [-0.3, -0.25) is 0 Å². The van der Waals surface area contributed by atoms with E-state index >= 15 is 0 Å². The zero-order valence-electron chi connectivity index (χ0n) is 12.0. The van der Waals surface area contributed by atoms with Crippen LogP contribution >= 0.6 is 0 Å². The fourth-order valence-electron chi connectivity index (χ4n) is 4.23. The fraction of sp³-hybridized carbons (Fsp3) is 0.765. The SMILES string of the molecule is C=CC1CC2(CC(C)C)CC1C=C2CC(C)C.